The van der Waals surface area contributed by atoms with Crippen molar-refractivity contribution in [2.24, 2.45) is 0 Å². The number of hydrogen-bond donors (Lipinski definition) is 1. The number of methoxy groups -OCH3 is 1. The van der Waals surface area contributed by atoms with Gasteiger partial charge in [-0.05, 0) is 72.1 Å². The number of ether oxygens (including phenoxy) is 5. The van der Waals surface area contributed by atoms with Crippen LogP contribution in [-0.2, 0) is 23.7 Å². The van der Waals surface area contributed by atoms with Gasteiger partial charge < -0.3 is 33.4 Å². The lowest BCUT2D eigenvalue weighted by Gasteiger charge is -2.46. The van der Waals surface area contributed by atoms with E-state index < -0.39 is 35.5 Å². The Kier molecular flexibility index (Phi) is 7.80. The first kappa shape index (κ1) is 27.3. The number of rotatable bonds is 9. The van der Waals surface area contributed by atoms with Crippen molar-refractivity contribution in [2.45, 2.75) is 96.3 Å². The molecule has 9 heteroatoms. The third-order valence-electron chi connectivity index (χ3n) is 6.77. The van der Waals surface area contributed by atoms with Crippen LogP contribution in [0, 0.1) is 6.92 Å². The van der Waals surface area contributed by atoms with Gasteiger partial charge in [-0.15, -0.1) is 6.58 Å². The van der Waals surface area contributed by atoms with Crippen LogP contribution >= 0.6 is 0 Å². The smallest absolute Gasteiger partial charge is 0.360 e. The molecule has 3 heterocycles. The normalized spacial score (nSPS) is 26.0. The molecular formula is C28H37NO8. The molecule has 1 N–H and O–H groups in total. The zero-order chi connectivity index (χ0) is 27.0. The third-order valence-corrected chi connectivity index (χ3v) is 6.77. The summed E-state index contributed by atoms with van der Waals surface area (Å²) in [6.07, 6.45) is 2.52. The molecular weight excluding hydrogens is 478 g/mol. The summed E-state index contributed by atoms with van der Waals surface area (Å²) in [5.41, 5.74) is -0.224. The molecule has 2 aliphatic heterocycles. The van der Waals surface area contributed by atoms with E-state index in [1.165, 1.54) is 0 Å². The number of nitrogens with one attached hydrogen (secondary N) is 1. The quantitative estimate of drug-likeness (QED) is 0.287. The molecule has 1 aromatic heterocycles. The van der Waals surface area contributed by atoms with E-state index in [1.54, 1.807) is 32.2 Å². The van der Waals surface area contributed by atoms with Crippen molar-refractivity contribution in [3.8, 4) is 5.75 Å². The van der Waals surface area contributed by atoms with E-state index in [1.807, 2.05) is 33.8 Å². The van der Waals surface area contributed by atoms with Gasteiger partial charge in [0.1, 0.15) is 29.2 Å². The van der Waals surface area contributed by atoms with Gasteiger partial charge >= 0.3 is 5.63 Å². The zero-order valence-corrected chi connectivity index (χ0v) is 22.4. The van der Waals surface area contributed by atoms with Crippen LogP contribution < -0.4 is 15.7 Å². The topological polar surface area (TPSA) is 105 Å². The molecule has 1 amide bonds. The number of amides is 1. The van der Waals surface area contributed by atoms with Crippen LogP contribution in [0.4, 0.5) is 5.69 Å². The maximum atomic E-state index is 12.7. The van der Waals surface area contributed by atoms with Gasteiger partial charge in [0.2, 0.25) is 12.2 Å². The molecule has 4 atom stereocenters. The van der Waals surface area contributed by atoms with E-state index in [0.717, 1.165) is 19.3 Å². The Morgan fingerprint density at radius 1 is 1.14 bits per heavy atom. The van der Waals surface area contributed by atoms with Crippen LogP contribution in [0.25, 0.3) is 11.0 Å². The van der Waals surface area contributed by atoms with Crippen molar-refractivity contribution in [1.29, 1.82) is 0 Å². The Morgan fingerprint density at radius 2 is 1.86 bits per heavy atom. The maximum absolute atomic E-state index is 12.7. The maximum Gasteiger partial charge on any atom is 0.360 e. The van der Waals surface area contributed by atoms with Crippen molar-refractivity contribution in [1.82, 2.24) is 0 Å². The number of fused-ring (bicyclic) bond motifs is 2. The highest BCUT2D eigenvalue weighted by Crippen LogP contribution is 2.43. The predicted octanol–water partition coefficient (Wildman–Crippen LogP) is 4.84. The lowest BCUT2D eigenvalue weighted by Crippen LogP contribution is -2.62. The number of carbonyl (C=O) groups is 1. The number of unbranched alkanes of at least 4 members (excludes halogenated alkanes) is 2. The largest absolute Gasteiger partial charge is 0.462 e. The molecule has 2 aliphatic rings. The van der Waals surface area contributed by atoms with E-state index in [-0.39, 0.29) is 17.7 Å². The highest BCUT2D eigenvalue weighted by Gasteiger charge is 2.59. The number of benzene rings is 1. The Balaban J connectivity index is 1.56. The molecule has 0 saturated carbocycles. The second-order valence-electron chi connectivity index (χ2n) is 10.6. The second kappa shape index (κ2) is 10.6. The fraction of sp³-hybridized carbons (Fsp3) is 0.571. The number of aryl methyl sites for hydroxylation is 1. The van der Waals surface area contributed by atoms with Gasteiger partial charge in [-0.25, -0.2) is 4.79 Å². The molecule has 2 aromatic rings. The first-order valence-electron chi connectivity index (χ1n) is 12.7. The average Bonchev–Trinajstić information content (AvgIpc) is 3.14. The Labute approximate surface area is 217 Å². The van der Waals surface area contributed by atoms with Gasteiger partial charge in [0, 0.05) is 24.5 Å². The molecule has 2 saturated heterocycles. The summed E-state index contributed by atoms with van der Waals surface area (Å²) < 4.78 is 36.2. The monoisotopic (exact) mass is 515 g/mol. The lowest BCUT2D eigenvalue weighted by atomic mass is 9.89. The van der Waals surface area contributed by atoms with E-state index in [4.69, 9.17) is 28.1 Å². The molecule has 202 valence electrons. The molecule has 9 nitrogen and oxygen atoms in total. The fourth-order valence-electron chi connectivity index (χ4n) is 5.03. The van der Waals surface area contributed by atoms with Crippen LogP contribution in [0.15, 0.2) is 40.1 Å². The van der Waals surface area contributed by atoms with E-state index in [0.29, 0.717) is 28.7 Å². The molecule has 2 fully saturated rings. The molecule has 0 bridgehead atoms. The molecule has 1 aromatic carbocycles. The summed E-state index contributed by atoms with van der Waals surface area (Å²) in [7, 11) is 1.62. The molecule has 4 rings (SSSR count). The number of carbonyl (C=O) groups excluding carboxylic acids is 1. The van der Waals surface area contributed by atoms with Crippen molar-refractivity contribution in [3.05, 3.63) is 46.8 Å². The molecule has 37 heavy (non-hydrogen) atoms. The fourth-order valence-corrected chi connectivity index (χ4v) is 5.03. The van der Waals surface area contributed by atoms with Crippen LogP contribution in [0.5, 0.6) is 5.75 Å². The standard InChI is InChI=1S/C28H37NO8/c1-8-9-10-11-12-20(30)29-18-15-17-13-14-19(16(2)21(17)34-25(18)31)33-26-23-22(35-28(5,6)36-23)24(32-7)27(3,4)37-26/h8,13-15,22-24,26H,1,9-12H2,2-7H3,(H,29,30)/t22-,23+,24+,26+/m0/s1. The van der Waals surface area contributed by atoms with Gasteiger partial charge in [0.15, 0.2) is 11.9 Å². The van der Waals surface area contributed by atoms with Crippen LogP contribution in [-0.4, -0.2) is 49.0 Å². The highest BCUT2D eigenvalue weighted by molar-refractivity contribution is 5.93. The van der Waals surface area contributed by atoms with Crippen LogP contribution in [0.1, 0.15) is 58.9 Å². The lowest BCUT2D eigenvalue weighted by molar-refractivity contribution is -0.283. The summed E-state index contributed by atoms with van der Waals surface area (Å²) >= 11 is 0. The highest BCUT2D eigenvalue weighted by atomic mass is 16.8. The summed E-state index contributed by atoms with van der Waals surface area (Å²) in [6, 6.07) is 5.18. The van der Waals surface area contributed by atoms with Crippen molar-refractivity contribution < 1.29 is 32.9 Å². The molecule has 0 unspecified atom stereocenters. The van der Waals surface area contributed by atoms with Crippen molar-refractivity contribution in [2.75, 3.05) is 12.4 Å². The summed E-state index contributed by atoms with van der Waals surface area (Å²) in [5, 5.41) is 3.33. The van der Waals surface area contributed by atoms with Gasteiger partial charge in [0.05, 0.1) is 5.60 Å². The Hall–Kier alpha value is -2.72. The molecule has 0 spiro atoms. The van der Waals surface area contributed by atoms with Crippen LogP contribution in [0.2, 0.25) is 0 Å². The van der Waals surface area contributed by atoms with Crippen molar-refractivity contribution >= 4 is 22.6 Å². The summed E-state index contributed by atoms with van der Waals surface area (Å²) in [4.78, 5) is 24.9. The minimum atomic E-state index is -0.824. The van der Waals surface area contributed by atoms with Gasteiger partial charge in [-0.2, -0.15) is 0 Å². The van der Waals surface area contributed by atoms with Crippen molar-refractivity contribution in [3.63, 3.8) is 0 Å². The summed E-state index contributed by atoms with van der Waals surface area (Å²) in [5.74, 6) is -0.566. The number of allylic oxidation sites excluding steroid dienone is 1. The van der Waals surface area contributed by atoms with Crippen LogP contribution in [0.3, 0.4) is 0 Å². The number of anilines is 1. The van der Waals surface area contributed by atoms with Gasteiger partial charge in [0.25, 0.3) is 0 Å². The minimum absolute atomic E-state index is 0.110. The first-order chi connectivity index (χ1) is 17.5. The molecule has 0 aliphatic carbocycles. The van der Waals surface area contributed by atoms with E-state index in [9.17, 15) is 9.59 Å². The minimum Gasteiger partial charge on any atom is -0.462 e. The van der Waals surface area contributed by atoms with Gasteiger partial charge in [-0.1, -0.05) is 6.08 Å². The Bertz CT molecular complexity index is 1220. The SMILES string of the molecule is C=CCCCCC(=O)Nc1cc2ccc(O[C@@H]3OC(C)(C)[C@H](OC)[C@H]4OC(C)(C)O[C@@H]34)c(C)c2oc1=O. The Morgan fingerprint density at radius 3 is 2.57 bits per heavy atom. The first-order valence-corrected chi connectivity index (χ1v) is 12.7. The zero-order valence-electron chi connectivity index (χ0n) is 22.4. The van der Waals surface area contributed by atoms with Gasteiger partial charge in [-0.3, -0.25) is 4.79 Å². The summed E-state index contributed by atoms with van der Waals surface area (Å²) in [6.45, 7) is 13.0. The second-order valence-corrected chi connectivity index (χ2v) is 10.6. The third kappa shape index (κ3) is 5.75. The average molecular weight is 516 g/mol. The van der Waals surface area contributed by atoms with E-state index in [2.05, 4.69) is 11.9 Å². The number of hydrogen-bond acceptors (Lipinski definition) is 8. The predicted molar refractivity (Wildman–Crippen MR) is 139 cm³/mol. The van der Waals surface area contributed by atoms with E-state index >= 15 is 0 Å². The molecule has 0 radical (unpaired) electrons.